The monoisotopic (exact) mass is 466 g/mol. The molecule has 0 saturated carbocycles. The van der Waals surface area contributed by atoms with Gasteiger partial charge in [-0.05, 0) is 43.9 Å². The molecule has 1 aliphatic heterocycles. The van der Waals surface area contributed by atoms with Crippen molar-refractivity contribution in [3.63, 3.8) is 0 Å². The summed E-state index contributed by atoms with van der Waals surface area (Å²) in [6.07, 6.45) is 3.89. The van der Waals surface area contributed by atoms with Crippen LogP contribution in [0.2, 0.25) is 0 Å². The van der Waals surface area contributed by atoms with E-state index >= 15 is 0 Å². The quantitative estimate of drug-likeness (QED) is 0.385. The van der Waals surface area contributed by atoms with Gasteiger partial charge < -0.3 is 15.5 Å². The van der Waals surface area contributed by atoms with Crippen molar-refractivity contribution >= 4 is 29.9 Å². The average Bonchev–Trinajstić information content (AvgIpc) is 2.57. The van der Waals surface area contributed by atoms with Gasteiger partial charge in [0.05, 0.1) is 0 Å². The van der Waals surface area contributed by atoms with Crippen LogP contribution in [-0.2, 0) is 6.42 Å². The summed E-state index contributed by atoms with van der Waals surface area (Å²) in [5.41, 5.74) is 0.507. The Hall–Kier alpha value is -0.960. The second-order valence-electron chi connectivity index (χ2n) is 6.24. The molecular formula is C18H29F2IN4. The fourth-order valence-corrected chi connectivity index (χ4v) is 3.05. The molecule has 7 heteroatoms. The van der Waals surface area contributed by atoms with Crippen LogP contribution in [0, 0.1) is 11.6 Å². The molecular weight excluding hydrogens is 437 g/mol. The topological polar surface area (TPSA) is 39.7 Å². The van der Waals surface area contributed by atoms with Crippen molar-refractivity contribution in [2.45, 2.75) is 38.6 Å². The third-order valence-electron chi connectivity index (χ3n) is 4.39. The van der Waals surface area contributed by atoms with Crippen LogP contribution in [0.15, 0.2) is 23.2 Å². The highest BCUT2D eigenvalue weighted by molar-refractivity contribution is 14.0. The van der Waals surface area contributed by atoms with E-state index in [9.17, 15) is 8.78 Å². The van der Waals surface area contributed by atoms with Crippen LogP contribution >= 0.6 is 24.0 Å². The zero-order valence-corrected chi connectivity index (χ0v) is 17.4. The maximum atomic E-state index is 13.6. The highest BCUT2D eigenvalue weighted by Gasteiger charge is 2.19. The zero-order chi connectivity index (χ0) is 17.4. The second-order valence-corrected chi connectivity index (χ2v) is 6.24. The van der Waals surface area contributed by atoms with Crippen molar-refractivity contribution in [2.75, 3.05) is 33.2 Å². The van der Waals surface area contributed by atoms with Gasteiger partial charge >= 0.3 is 0 Å². The number of guanidine groups is 1. The van der Waals surface area contributed by atoms with Crippen LogP contribution < -0.4 is 10.6 Å². The molecule has 1 aromatic rings. The molecule has 0 bridgehead atoms. The molecule has 0 aliphatic carbocycles. The largest absolute Gasteiger partial charge is 0.356 e. The van der Waals surface area contributed by atoms with Crippen molar-refractivity contribution < 1.29 is 8.78 Å². The van der Waals surface area contributed by atoms with E-state index in [-0.39, 0.29) is 24.0 Å². The maximum absolute atomic E-state index is 13.6. The molecule has 0 amide bonds. The average molecular weight is 466 g/mol. The van der Waals surface area contributed by atoms with E-state index in [4.69, 9.17) is 0 Å². The Morgan fingerprint density at radius 3 is 2.60 bits per heavy atom. The number of rotatable bonds is 6. The number of benzene rings is 1. The van der Waals surface area contributed by atoms with Crippen LogP contribution in [0.25, 0.3) is 0 Å². The van der Waals surface area contributed by atoms with E-state index in [0.29, 0.717) is 24.6 Å². The number of hydrogen-bond donors (Lipinski definition) is 2. The van der Waals surface area contributed by atoms with Gasteiger partial charge in [-0.1, -0.05) is 13.0 Å². The second kappa shape index (κ2) is 11.6. The third-order valence-corrected chi connectivity index (χ3v) is 4.39. The Balaban J connectivity index is 0.00000312. The first-order valence-corrected chi connectivity index (χ1v) is 8.75. The molecule has 2 rings (SSSR count). The smallest absolute Gasteiger partial charge is 0.191 e. The number of piperidine rings is 1. The summed E-state index contributed by atoms with van der Waals surface area (Å²) in [7, 11) is 1.74. The number of halogens is 3. The molecule has 0 atom stereocenters. The maximum Gasteiger partial charge on any atom is 0.191 e. The van der Waals surface area contributed by atoms with Gasteiger partial charge in [-0.2, -0.15) is 0 Å². The van der Waals surface area contributed by atoms with Crippen molar-refractivity contribution in [1.29, 1.82) is 0 Å². The van der Waals surface area contributed by atoms with Crippen molar-refractivity contribution in [2.24, 2.45) is 4.99 Å². The lowest BCUT2D eigenvalue weighted by Gasteiger charge is -2.32. The Morgan fingerprint density at radius 2 is 2.00 bits per heavy atom. The lowest BCUT2D eigenvalue weighted by molar-refractivity contribution is 0.206. The summed E-state index contributed by atoms with van der Waals surface area (Å²) < 4.78 is 26.5. The minimum absolute atomic E-state index is 0. The molecule has 1 aliphatic rings. The van der Waals surface area contributed by atoms with E-state index in [1.165, 1.54) is 25.1 Å². The van der Waals surface area contributed by atoms with Gasteiger partial charge in [0.1, 0.15) is 11.6 Å². The van der Waals surface area contributed by atoms with E-state index in [0.717, 1.165) is 38.0 Å². The number of hydrogen-bond acceptors (Lipinski definition) is 2. The predicted octanol–water partition coefficient (Wildman–Crippen LogP) is 3.16. The molecule has 1 saturated heterocycles. The first-order valence-electron chi connectivity index (χ1n) is 8.75. The lowest BCUT2D eigenvalue weighted by Crippen LogP contribution is -2.49. The molecule has 0 aromatic heterocycles. The van der Waals surface area contributed by atoms with Gasteiger partial charge in [0.25, 0.3) is 0 Å². The van der Waals surface area contributed by atoms with Crippen LogP contribution in [0.4, 0.5) is 8.78 Å². The minimum Gasteiger partial charge on any atom is -0.356 e. The van der Waals surface area contributed by atoms with Gasteiger partial charge in [-0.3, -0.25) is 4.99 Å². The van der Waals surface area contributed by atoms with Crippen LogP contribution in [-0.4, -0.2) is 50.1 Å². The predicted molar refractivity (Wildman–Crippen MR) is 110 cm³/mol. The van der Waals surface area contributed by atoms with Gasteiger partial charge in [0.2, 0.25) is 0 Å². The highest BCUT2D eigenvalue weighted by atomic mass is 127. The van der Waals surface area contributed by atoms with E-state index in [1.807, 2.05) is 0 Å². The molecule has 1 aromatic carbocycles. The number of nitrogens with zero attached hydrogens (tertiary/aromatic N) is 2. The summed E-state index contributed by atoms with van der Waals surface area (Å²) in [5, 5.41) is 6.65. The van der Waals surface area contributed by atoms with E-state index in [2.05, 4.69) is 27.4 Å². The molecule has 25 heavy (non-hydrogen) atoms. The van der Waals surface area contributed by atoms with Gasteiger partial charge in [-0.15, -0.1) is 24.0 Å². The van der Waals surface area contributed by atoms with E-state index in [1.54, 1.807) is 7.05 Å². The molecule has 1 heterocycles. The SMILES string of the molecule is CCCN1CCC(NC(=NC)NCCc2ccc(F)cc2F)CC1.I. The molecule has 0 spiro atoms. The Morgan fingerprint density at radius 1 is 1.28 bits per heavy atom. The molecule has 1 fully saturated rings. The summed E-state index contributed by atoms with van der Waals surface area (Å²) in [6, 6.07) is 4.13. The molecule has 142 valence electrons. The summed E-state index contributed by atoms with van der Waals surface area (Å²) in [5.74, 6) is -0.300. The summed E-state index contributed by atoms with van der Waals surface area (Å²) >= 11 is 0. The molecule has 2 N–H and O–H groups in total. The Bertz CT molecular complexity index is 546. The van der Waals surface area contributed by atoms with Crippen LogP contribution in [0.1, 0.15) is 31.7 Å². The van der Waals surface area contributed by atoms with Crippen LogP contribution in [0.5, 0.6) is 0 Å². The Labute approximate surface area is 166 Å². The van der Waals surface area contributed by atoms with Crippen molar-refractivity contribution in [1.82, 2.24) is 15.5 Å². The van der Waals surface area contributed by atoms with Crippen molar-refractivity contribution in [3.05, 3.63) is 35.4 Å². The molecule has 4 nitrogen and oxygen atoms in total. The summed E-state index contributed by atoms with van der Waals surface area (Å²) in [6.45, 7) is 6.16. The zero-order valence-electron chi connectivity index (χ0n) is 15.0. The first kappa shape index (κ1) is 22.1. The third kappa shape index (κ3) is 7.43. The van der Waals surface area contributed by atoms with Gasteiger partial charge in [0, 0.05) is 38.8 Å². The Kier molecular flexibility index (Phi) is 10.3. The lowest BCUT2D eigenvalue weighted by atomic mass is 10.1. The van der Waals surface area contributed by atoms with E-state index < -0.39 is 11.6 Å². The number of aliphatic imine (C=N–C) groups is 1. The summed E-state index contributed by atoms with van der Waals surface area (Å²) in [4.78, 5) is 6.72. The first-order chi connectivity index (χ1) is 11.6. The highest BCUT2D eigenvalue weighted by Crippen LogP contribution is 2.11. The number of likely N-dealkylation sites (tertiary alicyclic amines) is 1. The van der Waals surface area contributed by atoms with Gasteiger partial charge in [0.15, 0.2) is 5.96 Å². The molecule has 0 unspecified atom stereocenters. The minimum atomic E-state index is -0.545. The normalized spacial score (nSPS) is 16.4. The molecule has 0 radical (unpaired) electrons. The van der Waals surface area contributed by atoms with Crippen molar-refractivity contribution in [3.8, 4) is 0 Å². The van der Waals surface area contributed by atoms with Gasteiger partial charge in [-0.25, -0.2) is 8.78 Å². The standard InChI is InChI=1S/C18H28F2N4.HI/c1-3-10-24-11-7-16(8-12-24)23-18(21-2)22-9-6-14-4-5-15(19)13-17(14)20;/h4-5,13,16H,3,6-12H2,1-2H3,(H2,21,22,23);1H. The number of nitrogens with one attached hydrogen (secondary N) is 2. The fraction of sp³-hybridized carbons (Fsp3) is 0.611. The van der Waals surface area contributed by atoms with Crippen LogP contribution in [0.3, 0.4) is 0 Å². The fourth-order valence-electron chi connectivity index (χ4n) is 3.05.